The number of rotatable bonds is 7. The van der Waals surface area contributed by atoms with Crippen LogP contribution in [0.5, 0.6) is 5.75 Å². The van der Waals surface area contributed by atoms with Crippen LogP contribution in [0.2, 0.25) is 0 Å². The Bertz CT molecular complexity index is 754. The third-order valence-corrected chi connectivity index (χ3v) is 8.05. The predicted molar refractivity (Wildman–Crippen MR) is 93.9 cm³/mol. The minimum atomic E-state index is -3.73. The van der Waals surface area contributed by atoms with E-state index >= 15 is 0 Å². The van der Waals surface area contributed by atoms with E-state index in [-0.39, 0.29) is 22.5 Å². The molecule has 0 unspecified atom stereocenters. The summed E-state index contributed by atoms with van der Waals surface area (Å²) in [5.74, 6) is 0.121. The number of ether oxygens (including phenoxy) is 1. The molecule has 1 aromatic rings. The molecule has 1 aliphatic rings. The summed E-state index contributed by atoms with van der Waals surface area (Å²) < 4.78 is 55.2. The van der Waals surface area contributed by atoms with Crippen molar-refractivity contribution < 1.29 is 21.6 Å². The van der Waals surface area contributed by atoms with Crippen molar-refractivity contribution in [2.75, 3.05) is 18.1 Å². The Kier molecular flexibility index (Phi) is 5.93. The first-order valence-corrected chi connectivity index (χ1v) is 11.5. The number of sulfone groups is 2. The van der Waals surface area contributed by atoms with E-state index in [0.29, 0.717) is 12.3 Å². The van der Waals surface area contributed by atoms with Gasteiger partial charge in [0.05, 0.1) is 27.8 Å². The topological polar surface area (TPSA) is 89.5 Å². The van der Waals surface area contributed by atoms with Crippen LogP contribution in [-0.2, 0) is 19.7 Å². The van der Waals surface area contributed by atoms with Crippen LogP contribution in [-0.4, -0.2) is 52.3 Å². The van der Waals surface area contributed by atoms with Crippen LogP contribution >= 0.6 is 0 Å². The van der Waals surface area contributed by atoms with E-state index in [1.807, 2.05) is 20.8 Å². The quantitative estimate of drug-likeness (QED) is 0.775. The van der Waals surface area contributed by atoms with Gasteiger partial charge < -0.3 is 10.1 Å². The van der Waals surface area contributed by atoms with Crippen molar-refractivity contribution in [2.45, 2.75) is 49.5 Å². The summed E-state index contributed by atoms with van der Waals surface area (Å²) in [6, 6.07) is 5.60. The van der Waals surface area contributed by atoms with Crippen molar-refractivity contribution in [3.8, 4) is 5.75 Å². The van der Waals surface area contributed by atoms with Gasteiger partial charge in [0.25, 0.3) is 0 Å². The summed E-state index contributed by atoms with van der Waals surface area (Å²) in [6.45, 7) is 6.32. The molecule has 1 fully saturated rings. The van der Waals surface area contributed by atoms with Gasteiger partial charge >= 0.3 is 0 Å². The SMILES string of the molecule is CCCN[C@H]1CS(=O)(=O)C[C@@H]1S(=O)(=O)c1ccc(OC(C)C)cc1. The molecule has 24 heavy (non-hydrogen) atoms. The molecule has 1 heterocycles. The first-order chi connectivity index (χ1) is 11.2. The van der Waals surface area contributed by atoms with Gasteiger partial charge in [0.1, 0.15) is 5.75 Å². The molecule has 1 aliphatic heterocycles. The molecule has 1 saturated heterocycles. The third kappa shape index (κ3) is 4.49. The van der Waals surface area contributed by atoms with Crippen molar-refractivity contribution in [1.29, 1.82) is 0 Å². The maximum absolute atomic E-state index is 12.9. The van der Waals surface area contributed by atoms with E-state index < -0.39 is 31.0 Å². The Labute approximate surface area is 144 Å². The summed E-state index contributed by atoms with van der Waals surface area (Å²) in [6.07, 6.45) is 0.805. The van der Waals surface area contributed by atoms with Crippen LogP contribution in [0.4, 0.5) is 0 Å². The molecule has 0 aliphatic carbocycles. The normalized spacial score (nSPS) is 23.5. The monoisotopic (exact) mass is 375 g/mol. The molecular weight excluding hydrogens is 350 g/mol. The molecule has 0 radical (unpaired) electrons. The molecule has 0 saturated carbocycles. The molecule has 0 aromatic heterocycles. The van der Waals surface area contributed by atoms with Crippen LogP contribution < -0.4 is 10.1 Å². The van der Waals surface area contributed by atoms with Gasteiger partial charge in [0.2, 0.25) is 0 Å². The van der Waals surface area contributed by atoms with Gasteiger partial charge in [-0.3, -0.25) is 0 Å². The number of nitrogens with one attached hydrogen (secondary N) is 1. The Morgan fingerprint density at radius 1 is 1.21 bits per heavy atom. The number of hydrogen-bond acceptors (Lipinski definition) is 6. The molecule has 2 atom stereocenters. The van der Waals surface area contributed by atoms with Gasteiger partial charge in [-0.1, -0.05) is 6.92 Å². The van der Waals surface area contributed by atoms with Gasteiger partial charge in [0, 0.05) is 6.04 Å². The van der Waals surface area contributed by atoms with Crippen LogP contribution in [0.3, 0.4) is 0 Å². The van der Waals surface area contributed by atoms with Crippen molar-refractivity contribution >= 4 is 19.7 Å². The van der Waals surface area contributed by atoms with Crippen molar-refractivity contribution in [1.82, 2.24) is 5.32 Å². The highest BCUT2D eigenvalue weighted by molar-refractivity contribution is 7.96. The second kappa shape index (κ2) is 7.41. The largest absolute Gasteiger partial charge is 0.491 e. The summed E-state index contributed by atoms with van der Waals surface area (Å²) in [7, 11) is -7.09. The highest BCUT2D eigenvalue weighted by atomic mass is 32.2. The van der Waals surface area contributed by atoms with Gasteiger partial charge in [-0.05, 0) is 51.1 Å². The molecule has 8 heteroatoms. The predicted octanol–water partition coefficient (Wildman–Crippen LogP) is 1.41. The lowest BCUT2D eigenvalue weighted by Gasteiger charge is -2.20. The lowest BCUT2D eigenvalue weighted by atomic mass is 10.2. The zero-order valence-electron chi connectivity index (χ0n) is 14.2. The summed E-state index contributed by atoms with van der Waals surface area (Å²) in [5, 5.41) is 2.11. The van der Waals surface area contributed by atoms with E-state index in [4.69, 9.17) is 4.74 Å². The minimum absolute atomic E-state index is 0.00458. The average Bonchev–Trinajstić information content (AvgIpc) is 2.81. The second-order valence-corrected chi connectivity index (χ2v) is 10.7. The lowest BCUT2D eigenvalue weighted by molar-refractivity contribution is 0.242. The first kappa shape index (κ1) is 19.2. The molecule has 0 bridgehead atoms. The van der Waals surface area contributed by atoms with E-state index in [1.54, 1.807) is 12.1 Å². The maximum Gasteiger partial charge on any atom is 0.183 e. The highest BCUT2D eigenvalue weighted by Crippen LogP contribution is 2.27. The fourth-order valence-corrected chi connectivity index (χ4v) is 7.51. The van der Waals surface area contributed by atoms with Crippen LogP contribution in [0.25, 0.3) is 0 Å². The third-order valence-electron chi connectivity index (χ3n) is 3.88. The Morgan fingerprint density at radius 3 is 2.38 bits per heavy atom. The summed E-state index contributed by atoms with van der Waals surface area (Å²) in [5.41, 5.74) is 0. The van der Waals surface area contributed by atoms with Crippen molar-refractivity contribution in [3.63, 3.8) is 0 Å². The van der Waals surface area contributed by atoms with Crippen LogP contribution in [0.1, 0.15) is 27.2 Å². The van der Waals surface area contributed by atoms with E-state index in [2.05, 4.69) is 5.32 Å². The Hall–Kier alpha value is -1.12. The smallest absolute Gasteiger partial charge is 0.183 e. The summed E-state index contributed by atoms with van der Waals surface area (Å²) in [4.78, 5) is 0.129. The van der Waals surface area contributed by atoms with Crippen molar-refractivity contribution in [2.24, 2.45) is 0 Å². The number of benzene rings is 1. The Morgan fingerprint density at radius 2 is 1.83 bits per heavy atom. The molecule has 1 aromatic carbocycles. The van der Waals surface area contributed by atoms with Crippen LogP contribution in [0.15, 0.2) is 29.2 Å². The summed E-state index contributed by atoms with van der Waals surface area (Å²) >= 11 is 0. The van der Waals surface area contributed by atoms with Gasteiger partial charge in [-0.2, -0.15) is 0 Å². The lowest BCUT2D eigenvalue weighted by Crippen LogP contribution is -2.43. The highest BCUT2D eigenvalue weighted by Gasteiger charge is 2.45. The van der Waals surface area contributed by atoms with E-state index in [9.17, 15) is 16.8 Å². The van der Waals surface area contributed by atoms with E-state index in [1.165, 1.54) is 12.1 Å². The second-order valence-electron chi connectivity index (χ2n) is 6.36. The van der Waals surface area contributed by atoms with Gasteiger partial charge in [-0.15, -0.1) is 0 Å². The van der Waals surface area contributed by atoms with Gasteiger partial charge in [0.15, 0.2) is 19.7 Å². The van der Waals surface area contributed by atoms with Gasteiger partial charge in [-0.25, -0.2) is 16.8 Å². The molecule has 2 rings (SSSR count). The average molecular weight is 376 g/mol. The standard InChI is InChI=1S/C16H25NO5S2/c1-4-9-17-15-10-23(18,19)11-16(15)24(20,21)14-7-5-13(6-8-14)22-12(2)3/h5-8,12,15-17H,4,9-11H2,1-3H3/t15-,16-/m0/s1. The number of hydrogen-bond donors (Lipinski definition) is 1. The zero-order valence-corrected chi connectivity index (χ0v) is 15.9. The molecule has 6 nitrogen and oxygen atoms in total. The van der Waals surface area contributed by atoms with E-state index in [0.717, 1.165) is 6.42 Å². The molecule has 1 N–H and O–H groups in total. The first-order valence-electron chi connectivity index (χ1n) is 8.10. The molecular formula is C16H25NO5S2. The minimum Gasteiger partial charge on any atom is -0.491 e. The molecule has 0 amide bonds. The van der Waals surface area contributed by atoms with Crippen LogP contribution in [0, 0.1) is 0 Å². The Balaban J connectivity index is 2.27. The fourth-order valence-electron chi connectivity index (χ4n) is 2.80. The fraction of sp³-hybridized carbons (Fsp3) is 0.625. The molecule has 0 spiro atoms. The van der Waals surface area contributed by atoms with Crippen molar-refractivity contribution in [3.05, 3.63) is 24.3 Å². The zero-order chi connectivity index (χ0) is 18.0. The molecule has 136 valence electrons. The maximum atomic E-state index is 12.9.